The number of aromatic nitrogens is 1. The molecule has 0 saturated carbocycles. The molecule has 0 radical (unpaired) electrons. The summed E-state index contributed by atoms with van der Waals surface area (Å²) < 4.78 is 0. The molecule has 0 saturated heterocycles. The van der Waals surface area contributed by atoms with Crippen LogP contribution in [0.3, 0.4) is 0 Å². The highest BCUT2D eigenvalue weighted by Crippen LogP contribution is 2.40. The highest BCUT2D eigenvalue weighted by atomic mass is 35.5. The molecule has 3 aromatic rings. The van der Waals surface area contributed by atoms with Crippen molar-refractivity contribution in [3.05, 3.63) is 105 Å². The SMILES string of the molecule is O=C1C(SCc2ccccc2)=C(c2ccc(Cl)cc2Cl)C(=O)N1Cc1ccncc1. The van der Waals surface area contributed by atoms with Crippen LogP contribution < -0.4 is 0 Å². The van der Waals surface area contributed by atoms with E-state index < -0.39 is 0 Å². The van der Waals surface area contributed by atoms with Crippen molar-refractivity contribution in [1.82, 2.24) is 9.88 Å². The van der Waals surface area contributed by atoms with Crippen molar-refractivity contribution in [3.63, 3.8) is 0 Å². The fourth-order valence-electron chi connectivity index (χ4n) is 3.16. The average Bonchev–Trinajstić information content (AvgIpc) is 2.98. The number of hydrogen-bond acceptors (Lipinski definition) is 4. The molecule has 1 aromatic heterocycles. The second-order valence-electron chi connectivity index (χ2n) is 6.65. The predicted molar refractivity (Wildman–Crippen MR) is 121 cm³/mol. The first kappa shape index (κ1) is 20.7. The van der Waals surface area contributed by atoms with Gasteiger partial charge >= 0.3 is 0 Å². The van der Waals surface area contributed by atoms with Crippen molar-refractivity contribution >= 4 is 52.4 Å². The van der Waals surface area contributed by atoms with Crippen LogP contribution in [0.25, 0.3) is 5.57 Å². The summed E-state index contributed by atoms with van der Waals surface area (Å²) in [6.45, 7) is 0.171. The van der Waals surface area contributed by atoms with E-state index in [9.17, 15) is 9.59 Å². The maximum absolute atomic E-state index is 13.3. The summed E-state index contributed by atoms with van der Waals surface area (Å²) in [5.74, 6) is -0.122. The van der Waals surface area contributed by atoms with E-state index in [4.69, 9.17) is 23.2 Å². The first-order valence-corrected chi connectivity index (χ1v) is 10.9. The molecule has 1 aliphatic rings. The molecule has 1 aliphatic heterocycles. The van der Waals surface area contributed by atoms with Gasteiger partial charge in [0.2, 0.25) is 0 Å². The lowest BCUT2D eigenvalue weighted by Gasteiger charge is -2.15. The Hall–Kier alpha value is -2.60. The van der Waals surface area contributed by atoms with Crippen LogP contribution in [0.15, 0.2) is 78.0 Å². The second-order valence-corrected chi connectivity index (χ2v) is 8.48. The third-order valence-electron chi connectivity index (χ3n) is 4.64. The van der Waals surface area contributed by atoms with Crippen molar-refractivity contribution in [3.8, 4) is 0 Å². The number of rotatable bonds is 6. The third kappa shape index (κ3) is 4.29. The largest absolute Gasteiger partial charge is 0.269 e. The highest BCUT2D eigenvalue weighted by Gasteiger charge is 2.39. The molecule has 0 fully saturated rings. The fourth-order valence-corrected chi connectivity index (χ4v) is 4.74. The van der Waals surface area contributed by atoms with Gasteiger partial charge < -0.3 is 0 Å². The topological polar surface area (TPSA) is 50.3 Å². The van der Waals surface area contributed by atoms with Crippen molar-refractivity contribution in [2.75, 3.05) is 0 Å². The summed E-state index contributed by atoms with van der Waals surface area (Å²) >= 11 is 13.8. The summed E-state index contributed by atoms with van der Waals surface area (Å²) in [4.78, 5) is 32.2. The molecular formula is C23H16Cl2N2O2S. The molecule has 0 bridgehead atoms. The first-order valence-electron chi connectivity index (χ1n) is 9.16. The van der Waals surface area contributed by atoms with Gasteiger partial charge in [-0.15, -0.1) is 11.8 Å². The Labute approximate surface area is 188 Å². The number of nitrogens with zero attached hydrogens (tertiary/aromatic N) is 2. The van der Waals surface area contributed by atoms with E-state index in [0.29, 0.717) is 31.8 Å². The second kappa shape index (κ2) is 9.04. The van der Waals surface area contributed by atoms with Gasteiger partial charge in [0, 0.05) is 28.7 Å². The van der Waals surface area contributed by atoms with E-state index in [1.807, 2.05) is 30.3 Å². The van der Waals surface area contributed by atoms with Crippen LogP contribution in [0.1, 0.15) is 16.7 Å². The molecule has 2 heterocycles. The number of carbonyl (C=O) groups excluding carboxylic acids is 2. The molecule has 150 valence electrons. The van der Waals surface area contributed by atoms with Crippen LogP contribution in [0.2, 0.25) is 10.0 Å². The Balaban J connectivity index is 1.71. The maximum Gasteiger partial charge on any atom is 0.268 e. The summed E-state index contributed by atoms with van der Waals surface area (Å²) in [6.07, 6.45) is 3.27. The summed E-state index contributed by atoms with van der Waals surface area (Å²) in [5, 5.41) is 0.801. The van der Waals surface area contributed by atoms with Crippen molar-refractivity contribution in [1.29, 1.82) is 0 Å². The van der Waals surface area contributed by atoms with E-state index in [0.717, 1.165) is 11.1 Å². The van der Waals surface area contributed by atoms with E-state index >= 15 is 0 Å². The van der Waals surface area contributed by atoms with Gasteiger partial charge in [-0.25, -0.2) is 0 Å². The van der Waals surface area contributed by atoms with E-state index in [1.165, 1.54) is 16.7 Å². The molecule has 0 unspecified atom stereocenters. The number of carbonyl (C=O) groups is 2. The number of halogens is 2. The van der Waals surface area contributed by atoms with Crippen molar-refractivity contribution in [2.24, 2.45) is 0 Å². The lowest BCUT2D eigenvalue weighted by atomic mass is 10.1. The van der Waals surface area contributed by atoms with E-state index in [2.05, 4.69) is 4.98 Å². The molecule has 0 N–H and O–H groups in total. The van der Waals surface area contributed by atoms with Gasteiger partial charge in [-0.2, -0.15) is 0 Å². The Kier molecular flexibility index (Phi) is 6.23. The van der Waals surface area contributed by atoms with Gasteiger partial charge in [0.1, 0.15) is 0 Å². The Morgan fingerprint density at radius 1 is 0.867 bits per heavy atom. The molecule has 4 rings (SSSR count). The van der Waals surface area contributed by atoms with Crippen LogP contribution in [-0.4, -0.2) is 21.7 Å². The lowest BCUT2D eigenvalue weighted by Crippen LogP contribution is -2.30. The lowest BCUT2D eigenvalue weighted by molar-refractivity contribution is -0.137. The minimum absolute atomic E-state index is 0.171. The summed E-state index contributed by atoms with van der Waals surface area (Å²) in [5.41, 5.74) is 2.70. The Morgan fingerprint density at radius 3 is 2.30 bits per heavy atom. The van der Waals surface area contributed by atoms with Crippen LogP contribution >= 0.6 is 35.0 Å². The highest BCUT2D eigenvalue weighted by molar-refractivity contribution is 8.03. The smallest absolute Gasteiger partial charge is 0.268 e. The molecule has 2 amide bonds. The predicted octanol–water partition coefficient (Wildman–Crippen LogP) is 5.60. The number of pyridine rings is 1. The van der Waals surface area contributed by atoms with Gasteiger partial charge in [-0.1, -0.05) is 59.6 Å². The van der Waals surface area contributed by atoms with Gasteiger partial charge in [0.15, 0.2) is 0 Å². The molecule has 4 nitrogen and oxygen atoms in total. The number of imide groups is 1. The number of thioether (sulfide) groups is 1. The molecule has 30 heavy (non-hydrogen) atoms. The maximum atomic E-state index is 13.3. The van der Waals surface area contributed by atoms with Gasteiger partial charge in [0.05, 0.1) is 22.0 Å². The zero-order valence-corrected chi connectivity index (χ0v) is 18.0. The Bertz CT molecular complexity index is 1130. The monoisotopic (exact) mass is 454 g/mol. The van der Waals surface area contributed by atoms with E-state index in [1.54, 1.807) is 42.7 Å². The fraction of sp³-hybridized carbons (Fsp3) is 0.0870. The third-order valence-corrected chi connectivity index (χ3v) is 6.33. The van der Waals surface area contributed by atoms with Crippen molar-refractivity contribution in [2.45, 2.75) is 12.3 Å². The van der Waals surface area contributed by atoms with E-state index in [-0.39, 0.29) is 18.4 Å². The van der Waals surface area contributed by atoms with Gasteiger partial charge in [0.25, 0.3) is 11.8 Å². The minimum Gasteiger partial charge on any atom is -0.269 e. The minimum atomic E-state index is -0.364. The molecule has 0 atom stereocenters. The Morgan fingerprint density at radius 2 is 1.60 bits per heavy atom. The van der Waals surface area contributed by atoms with Crippen LogP contribution in [0.4, 0.5) is 0 Å². The normalized spacial score (nSPS) is 14.0. The average molecular weight is 455 g/mol. The molecule has 2 aromatic carbocycles. The molecular weight excluding hydrogens is 439 g/mol. The quantitative estimate of drug-likeness (QED) is 0.454. The molecule has 0 spiro atoms. The van der Waals surface area contributed by atoms with Gasteiger partial charge in [-0.05, 0) is 35.4 Å². The number of hydrogen-bond donors (Lipinski definition) is 0. The number of amides is 2. The van der Waals surface area contributed by atoms with Crippen molar-refractivity contribution < 1.29 is 9.59 Å². The molecule has 7 heteroatoms. The zero-order valence-electron chi connectivity index (χ0n) is 15.7. The number of benzene rings is 2. The summed E-state index contributed by atoms with van der Waals surface area (Å²) in [6, 6.07) is 18.3. The zero-order chi connectivity index (χ0) is 21.1. The standard InChI is InChI=1S/C23H16Cl2N2O2S/c24-17-6-7-18(19(25)12-17)20-21(30-14-16-4-2-1-3-5-16)23(29)27(22(20)28)13-15-8-10-26-11-9-15/h1-12H,13-14H2. The first-order chi connectivity index (χ1) is 14.5. The summed E-state index contributed by atoms with van der Waals surface area (Å²) in [7, 11) is 0. The van der Waals surface area contributed by atoms with Crippen LogP contribution in [0, 0.1) is 0 Å². The van der Waals surface area contributed by atoms with Crippen LogP contribution in [0.5, 0.6) is 0 Å². The molecule has 0 aliphatic carbocycles. The van der Waals surface area contributed by atoms with Crippen LogP contribution in [-0.2, 0) is 21.9 Å². The van der Waals surface area contributed by atoms with Gasteiger partial charge in [-0.3, -0.25) is 19.5 Å².